The van der Waals surface area contributed by atoms with Crippen LogP contribution in [0.4, 0.5) is 0 Å². The molecule has 1 aromatic heterocycles. The summed E-state index contributed by atoms with van der Waals surface area (Å²) in [5.41, 5.74) is 6.06. The van der Waals surface area contributed by atoms with Gasteiger partial charge in [-0.05, 0) is 41.5 Å². The van der Waals surface area contributed by atoms with Gasteiger partial charge in [0.05, 0.1) is 11.0 Å². The predicted octanol–water partition coefficient (Wildman–Crippen LogP) is 8.66. The van der Waals surface area contributed by atoms with Crippen LogP contribution in [0.15, 0.2) is 98.3 Å². The van der Waals surface area contributed by atoms with Gasteiger partial charge in [0.15, 0.2) is 0 Å². The average Bonchev–Trinajstić information content (AvgIpc) is 3.06. The predicted molar refractivity (Wildman–Crippen MR) is 133 cm³/mol. The van der Waals surface area contributed by atoms with Gasteiger partial charge in [0, 0.05) is 36.3 Å². The number of hydrogen-bond acceptors (Lipinski definition) is 0. The highest BCUT2D eigenvalue weighted by atomic mass is 79.9. The van der Waals surface area contributed by atoms with Crippen molar-refractivity contribution in [2.24, 2.45) is 0 Å². The van der Waals surface area contributed by atoms with E-state index in [0.717, 1.165) is 25.5 Å². The Hall–Kier alpha value is -1.88. The van der Waals surface area contributed by atoms with Gasteiger partial charge in [0.2, 0.25) is 0 Å². The quantitative estimate of drug-likeness (QED) is 0.205. The van der Waals surface area contributed by atoms with E-state index in [0.29, 0.717) is 0 Å². The summed E-state index contributed by atoms with van der Waals surface area (Å²) >= 11 is 11.3. The van der Waals surface area contributed by atoms with E-state index in [4.69, 9.17) is 0 Å². The van der Waals surface area contributed by atoms with Gasteiger partial charge in [-0.1, -0.05) is 102 Å². The van der Waals surface area contributed by atoms with Crippen LogP contribution in [0.2, 0.25) is 0 Å². The second-order valence-corrected chi connectivity index (χ2v) is 9.59. The lowest BCUT2D eigenvalue weighted by Crippen LogP contribution is -1.98. The summed E-state index contributed by atoms with van der Waals surface area (Å²) < 4.78 is 5.66. The maximum atomic E-state index is 3.84. The van der Waals surface area contributed by atoms with E-state index in [2.05, 4.69) is 131 Å². The minimum absolute atomic E-state index is 0.843. The van der Waals surface area contributed by atoms with Crippen molar-refractivity contribution < 1.29 is 0 Å². The molecule has 29 heavy (non-hydrogen) atoms. The Morgan fingerprint density at radius 2 is 1.10 bits per heavy atom. The number of para-hydroxylation sites is 2. The van der Waals surface area contributed by atoms with E-state index in [1.54, 1.807) is 0 Å². The molecule has 0 aliphatic rings. The number of rotatable bonds is 3. The molecular weight excluding hydrogens is 554 g/mol. The molecule has 0 radical (unpaired) electrons. The number of nitrogens with zero attached hydrogens (tertiary/aromatic N) is 1. The third-order valence-corrected chi connectivity index (χ3v) is 7.48. The van der Waals surface area contributed by atoms with Crippen molar-refractivity contribution in [3.63, 3.8) is 0 Å². The van der Waals surface area contributed by atoms with Crippen molar-refractivity contribution >= 4 is 69.6 Å². The Bertz CT molecular complexity index is 1290. The fourth-order valence-electron chi connectivity index (χ4n) is 3.92. The van der Waals surface area contributed by atoms with Crippen molar-refractivity contribution in [2.75, 3.05) is 0 Å². The minimum Gasteiger partial charge on any atom is -0.309 e. The van der Waals surface area contributed by atoms with Gasteiger partial charge in [-0.2, -0.15) is 0 Å². The van der Waals surface area contributed by atoms with Crippen LogP contribution < -0.4 is 0 Å². The van der Waals surface area contributed by atoms with E-state index in [1.165, 1.54) is 32.9 Å². The van der Waals surface area contributed by atoms with Crippen LogP contribution in [0.3, 0.4) is 0 Å². The molecule has 0 amide bonds. The molecule has 142 valence electrons. The molecule has 0 aliphatic carbocycles. The Kier molecular flexibility index (Phi) is 5.10. The molecule has 0 fully saturated rings. The summed E-state index contributed by atoms with van der Waals surface area (Å²) in [6.45, 7) is 0. The Morgan fingerprint density at radius 1 is 0.586 bits per heavy atom. The van der Waals surface area contributed by atoms with Crippen LogP contribution in [-0.2, 0) is 6.42 Å². The van der Waals surface area contributed by atoms with Gasteiger partial charge in [-0.25, -0.2) is 0 Å². The van der Waals surface area contributed by atoms with Crippen molar-refractivity contribution in [3.8, 4) is 5.69 Å². The molecule has 5 aromatic rings. The zero-order valence-corrected chi connectivity index (χ0v) is 20.1. The zero-order chi connectivity index (χ0) is 20.0. The fraction of sp³-hybridized carbons (Fsp3) is 0.0400. The number of benzene rings is 4. The van der Waals surface area contributed by atoms with Gasteiger partial charge in [-0.3, -0.25) is 0 Å². The largest absolute Gasteiger partial charge is 0.309 e. The van der Waals surface area contributed by atoms with Gasteiger partial charge in [-0.15, -0.1) is 0 Å². The van der Waals surface area contributed by atoms with Crippen LogP contribution >= 0.6 is 47.8 Å². The fourth-order valence-corrected chi connectivity index (χ4v) is 5.79. The molecule has 0 aliphatic heterocycles. The molecule has 4 aromatic carbocycles. The van der Waals surface area contributed by atoms with E-state index in [-0.39, 0.29) is 0 Å². The molecular formula is C25H16Br3N. The van der Waals surface area contributed by atoms with Gasteiger partial charge < -0.3 is 4.57 Å². The normalized spacial score (nSPS) is 11.4. The highest BCUT2D eigenvalue weighted by molar-refractivity contribution is 9.11. The molecule has 0 N–H and O–H groups in total. The van der Waals surface area contributed by atoms with Crippen LogP contribution in [0.1, 0.15) is 11.1 Å². The molecule has 0 unspecified atom stereocenters. The van der Waals surface area contributed by atoms with Crippen molar-refractivity contribution in [2.45, 2.75) is 6.42 Å². The lowest BCUT2D eigenvalue weighted by molar-refractivity contribution is 1.12. The molecule has 1 heterocycles. The Morgan fingerprint density at radius 3 is 1.69 bits per heavy atom. The molecule has 1 nitrogen and oxygen atoms in total. The molecule has 0 spiro atoms. The van der Waals surface area contributed by atoms with E-state index >= 15 is 0 Å². The van der Waals surface area contributed by atoms with E-state index < -0.39 is 0 Å². The number of halogens is 3. The smallest absolute Gasteiger partial charge is 0.0541 e. The average molecular weight is 570 g/mol. The van der Waals surface area contributed by atoms with Gasteiger partial charge in [0.25, 0.3) is 0 Å². The summed E-state index contributed by atoms with van der Waals surface area (Å²) in [5.74, 6) is 0. The number of hydrogen-bond donors (Lipinski definition) is 0. The standard InChI is InChI=1S/C25H16Br3N/c26-21-10-4-1-7-16(21)13-20-22(27)14-17(15-23(20)28)29-24-11-5-2-8-18(24)19-9-3-6-12-25(19)29/h1-12,14-15H,13H2. The topological polar surface area (TPSA) is 4.93 Å². The summed E-state index contributed by atoms with van der Waals surface area (Å²) in [5, 5.41) is 2.54. The highest BCUT2D eigenvalue weighted by Crippen LogP contribution is 2.36. The SMILES string of the molecule is Brc1ccccc1Cc1c(Br)cc(-n2c3ccccc3c3ccccc32)cc1Br. The minimum atomic E-state index is 0.843. The maximum Gasteiger partial charge on any atom is 0.0541 e. The maximum absolute atomic E-state index is 3.84. The summed E-state index contributed by atoms with van der Waals surface area (Å²) in [4.78, 5) is 0. The van der Waals surface area contributed by atoms with Crippen molar-refractivity contribution in [3.05, 3.63) is 109 Å². The van der Waals surface area contributed by atoms with E-state index in [9.17, 15) is 0 Å². The number of fused-ring (bicyclic) bond motifs is 3. The van der Waals surface area contributed by atoms with Crippen molar-refractivity contribution in [1.29, 1.82) is 0 Å². The molecule has 0 saturated carbocycles. The summed E-state index contributed by atoms with van der Waals surface area (Å²) in [7, 11) is 0. The molecule has 4 heteroatoms. The lowest BCUT2D eigenvalue weighted by Gasteiger charge is -2.14. The monoisotopic (exact) mass is 567 g/mol. The first kappa shape index (κ1) is 19.1. The first-order chi connectivity index (χ1) is 14.1. The molecule has 0 bridgehead atoms. The Balaban J connectivity index is 1.69. The summed E-state index contributed by atoms with van der Waals surface area (Å²) in [6, 6.07) is 30.0. The second kappa shape index (κ2) is 7.75. The molecule has 0 atom stereocenters. The van der Waals surface area contributed by atoms with E-state index in [1.807, 2.05) is 6.07 Å². The van der Waals surface area contributed by atoms with Crippen LogP contribution in [0, 0.1) is 0 Å². The lowest BCUT2D eigenvalue weighted by atomic mass is 10.0. The van der Waals surface area contributed by atoms with Crippen LogP contribution in [-0.4, -0.2) is 4.57 Å². The third-order valence-electron chi connectivity index (χ3n) is 5.29. The summed E-state index contributed by atoms with van der Waals surface area (Å²) in [6.07, 6.45) is 0.843. The van der Waals surface area contributed by atoms with Crippen molar-refractivity contribution in [1.82, 2.24) is 4.57 Å². The molecule has 0 saturated heterocycles. The highest BCUT2D eigenvalue weighted by Gasteiger charge is 2.15. The Labute approximate surface area is 194 Å². The second-order valence-electron chi connectivity index (χ2n) is 7.03. The van der Waals surface area contributed by atoms with Gasteiger partial charge >= 0.3 is 0 Å². The number of aromatic nitrogens is 1. The molecule has 5 rings (SSSR count). The van der Waals surface area contributed by atoms with Crippen LogP contribution in [0.25, 0.3) is 27.5 Å². The first-order valence-electron chi connectivity index (χ1n) is 9.33. The van der Waals surface area contributed by atoms with Crippen LogP contribution in [0.5, 0.6) is 0 Å². The first-order valence-corrected chi connectivity index (χ1v) is 11.7. The zero-order valence-electron chi connectivity index (χ0n) is 15.4. The third kappa shape index (κ3) is 3.37. The van der Waals surface area contributed by atoms with Gasteiger partial charge in [0.1, 0.15) is 0 Å².